The molecule has 0 aromatic heterocycles. The van der Waals surface area contributed by atoms with E-state index in [0.717, 1.165) is 18.2 Å². The van der Waals surface area contributed by atoms with Gasteiger partial charge in [0.2, 0.25) is 10.0 Å². The van der Waals surface area contributed by atoms with E-state index in [9.17, 15) is 17.2 Å². The fourth-order valence-electron chi connectivity index (χ4n) is 0.823. The van der Waals surface area contributed by atoms with E-state index < -0.39 is 27.3 Å². The first kappa shape index (κ1) is 10.9. The third-order valence-corrected chi connectivity index (χ3v) is 2.88. The van der Waals surface area contributed by atoms with Crippen molar-refractivity contribution in [3.05, 3.63) is 29.8 Å². The zero-order valence-electron chi connectivity index (χ0n) is 7.42. The van der Waals surface area contributed by atoms with Crippen molar-refractivity contribution in [2.45, 2.75) is 6.92 Å². The molecule has 0 aliphatic carbocycles. The Kier molecular flexibility index (Phi) is 3.05. The average molecular weight is 221 g/mol. The van der Waals surface area contributed by atoms with Crippen LogP contribution in [0, 0.1) is 11.6 Å². The number of nitrogens with one attached hydrogen (secondary N) is 1. The molecule has 78 valence electrons. The number of rotatable bonds is 3. The van der Waals surface area contributed by atoms with E-state index in [2.05, 4.69) is 0 Å². The largest absolute Gasteiger partial charge is 0.278 e. The number of benzene rings is 1. The van der Waals surface area contributed by atoms with Crippen LogP contribution < -0.4 is 4.72 Å². The van der Waals surface area contributed by atoms with Crippen molar-refractivity contribution in [3.63, 3.8) is 0 Å². The summed E-state index contributed by atoms with van der Waals surface area (Å²) < 4.78 is 49.8. The van der Waals surface area contributed by atoms with Crippen LogP contribution in [0.2, 0.25) is 0 Å². The summed E-state index contributed by atoms with van der Waals surface area (Å²) in [5.74, 6) is -2.09. The van der Waals surface area contributed by atoms with E-state index in [4.69, 9.17) is 0 Å². The van der Waals surface area contributed by atoms with Gasteiger partial charge in [0.15, 0.2) is 0 Å². The highest BCUT2D eigenvalue weighted by molar-refractivity contribution is 7.92. The van der Waals surface area contributed by atoms with Crippen LogP contribution in [0.4, 0.5) is 14.5 Å². The summed E-state index contributed by atoms with van der Waals surface area (Å²) in [7, 11) is -3.65. The number of para-hydroxylation sites is 1. The van der Waals surface area contributed by atoms with Crippen molar-refractivity contribution in [1.29, 1.82) is 0 Å². The quantitative estimate of drug-likeness (QED) is 0.844. The minimum Gasteiger partial charge on any atom is -0.278 e. The number of halogens is 2. The predicted molar refractivity (Wildman–Crippen MR) is 49.4 cm³/mol. The Morgan fingerprint density at radius 3 is 2.21 bits per heavy atom. The lowest BCUT2D eigenvalue weighted by Crippen LogP contribution is -2.16. The standard InChI is InChI=1S/C8H9F2NO2S/c1-2-14(12,13)11-8-6(9)4-3-5-7(8)10/h3-5,11H,2H2,1H3. The molecule has 6 heteroatoms. The molecular weight excluding hydrogens is 212 g/mol. The van der Waals surface area contributed by atoms with E-state index in [0.29, 0.717) is 0 Å². The normalized spacial score (nSPS) is 11.4. The van der Waals surface area contributed by atoms with Crippen molar-refractivity contribution in [3.8, 4) is 0 Å². The lowest BCUT2D eigenvalue weighted by molar-refractivity contribution is 0.583. The van der Waals surface area contributed by atoms with Crippen LogP contribution in [0.1, 0.15) is 6.92 Å². The highest BCUT2D eigenvalue weighted by atomic mass is 32.2. The van der Waals surface area contributed by atoms with Gasteiger partial charge in [0.25, 0.3) is 0 Å². The van der Waals surface area contributed by atoms with Gasteiger partial charge in [-0.3, -0.25) is 4.72 Å². The van der Waals surface area contributed by atoms with E-state index in [1.165, 1.54) is 6.92 Å². The minimum absolute atomic E-state index is 0.235. The molecule has 0 amide bonds. The van der Waals surface area contributed by atoms with Crippen LogP contribution in [0.5, 0.6) is 0 Å². The van der Waals surface area contributed by atoms with Crippen LogP contribution in [0.25, 0.3) is 0 Å². The molecule has 1 aromatic rings. The zero-order chi connectivity index (χ0) is 10.8. The lowest BCUT2D eigenvalue weighted by Gasteiger charge is -2.07. The number of hydrogen-bond acceptors (Lipinski definition) is 2. The Labute approximate surface area is 80.8 Å². The Morgan fingerprint density at radius 2 is 1.79 bits per heavy atom. The molecule has 0 fully saturated rings. The average Bonchev–Trinajstić information content (AvgIpc) is 2.12. The lowest BCUT2D eigenvalue weighted by atomic mass is 10.3. The third-order valence-electron chi connectivity index (χ3n) is 1.60. The molecule has 14 heavy (non-hydrogen) atoms. The van der Waals surface area contributed by atoms with Crippen LogP contribution in [-0.4, -0.2) is 14.2 Å². The Morgan fingerprint density at radius 1 is 1.29 bits per heavy atom. The van der Waals surface area contributed by atoms with Gasteiger partial charge in [0, 0.05) is 0 Å². The first-order chi connectivity index (χ1) is 6.46. The minimum atomic E-state index is -3.65. The summed E-state index contributed by atoms with van der Waals surface area (Å²) in [5, 5.41) is 0. The summed E-state index contributed by atoms with van der Waals surface area (Å²) in [6.07, 6.45) is 0. The molecule has 0 bridgehead atoms. The summed E-state index contributed by atoms with van der Waals surface area (Å²) in [6.45, 7) is 1.38. The number of hydrogen-bond donors (Lipinski definition) is 1. The van der Waals surface area contributed by atoms with Gasteiger partial charge < -0.3 is 0 Å². The topological polar surface area (TPSA) is 46.2 Å². The predicted octanol–water partition coefficient (Wildman–Crippen LogP) is 1.73. The van der Waals surface area contributed by atoms with Crippen molar-refractivity contribution >= 4 is 15.7 Å². The van der Waals surface area contributed by atoms with Crippen LogP contribution in [0.15, 0.2) is 18.2 Å². The molecule has 0 atom stereocenters. The Balaban J connectivity index is 3.09. The first-order valence-electron chi connectivity index (χ1n) is 3.91. The van der Waals surface area contributed by atoms with Crippen molar-refractivity contribution in [1.82, 2.24) is 0 Å². The van der Waals surface area contributed by atoms with Gasteiger partial charge in [0.05, 0.1) is 5.75 Å². The van der Waals surface area contributed by atoms with Gasteiger partial charge in [-0.1, -0.05) is 6.07 Å². The molecule has 1 N–H and O–H groups in total. The van der Waals surface area contributed by atoms with Gasteiger partial charge >= 0.3 is 0 Å². The van der Waals surface area contributed by atoms with Crippen LogP contribution in [0.3, 0.4) is 0 Å². The van der Waals surface area contributed by atoms with Crippen molar-refractivity contribution in [2.75, 3.05) is 10.5 Å². The van der Waals surface area contributed by atoms with Gasteiger partial charge in [0.1, 0.15) is 17.3 Å². The SMILES string of the molecule is CCS(=O)(=O)Nc1c(F)cccc1F. The zero-order valence-corrected chi connectivity index (χ0v) is 8.24. The summed E-state index contributed by atoms with van der Waals surface area (Å²) in [4.78, 5) is 0. The fourth-order valence-corrected chi connectivity index (χ4v) is 1.47. The second kappa shape index (κ2) is 3.91. The Bertz CT molecular complexity index is 411. The molecule has 0 heterocycles. The maximum Gasteiger partial charge on any atom is 0.232 e. The maximum absolute atomic E-state index is 13.0. The van der Waals surface area contributed by atoms with Gasteiger partial charge in [-0.2, -0.15) is 0 Å². The van der Waals surface area contributed by atoms with Gasteiger partial charge in [-0.15, -0.1) is 0 Å². The molecule has 0 spiro atoms. The highest BCUT2D eigenvalue weighted by Crippen LogP contribution is 2.19. The molecule has 0 saturated heterocycles. The second-order valence-electron chi connectivity index (χ2n) is 2.60. The second-order valence-corrected chi connectivity index (χ2v) is 4.61. The first-order valence-corrected chi connectivity index (χ1v) is 5.56. The summed E-state index contributed by atoms with van der Waals surface area (Å²) in [6, 6.07) is 3.13. The fraction of sp³-hybridized carbons (Fsp3) is 0.250. The summed E-state index contributed by atoms with van der Waals surface area (Å²) >= 11 is 0. The molecule has 1 rings (SSSR count). The van der Waals surface area contributed by atoms with E-state index in [1.807, 2.05) is 4.72 Å². The maximum atomic E-state index is 13.0. The van der Waals surface area contributed by atoms with Crippen molar-refractivity contribution in [2.24, 2.45) is 0 Å². The third kappa shape index (κ3) is 2.41. The smallest absolute Gasteiger partial charge is 0.232 e. The molecule has 3 nitrogen and oxygen atoms in total. The van der Waals surface area contributed by atoms with Crippen LogP contribution >= 0.6 is 0 Å². The van der Waals surface area contributed by atoms with Crippen molar-refractivity contribution < 1.29 is 17.2 Å². The van der Waals surface area contributed by atoms with E-state index >= 15 is 0 Å². The van der Waals surface area contributed by atoms with Gasteiger partial charge in [-0.25, -0.2) is 17.2 Å². The van der Waals surface area contributed by atoms with Crippen LogP contribution in [-0.2, 0) is 10.0 Å². The molecule has 0 saturated carbocycles. The molecule has 1 aromatic carbocycles. The number of sulfonamides is 1. The molecule has 0 unspecified atom stereocenters. The van der Waals surface area contributed by atoms with E-state index in [1.54, 1.807) is 0 Å². The molecule has 0 radical (unpaired) electrons. The monoisotopic (exact) mass is 221 g/mol. The van der Waals surface area contributed by atoms with Gasteiger partial charge in [-0.05, 0) is 19.1 Å². The number of anilines is 1. The Hall–Kier alpha value is -1.17. The van der Waals surface area contributed by atoms with E-state index in [-0.39, 0.29) is 5.75 Å². The summed E-state index contributed by atoms with van der Waals surface area (Å²) in [5.41, 5.74) is -0.630. The molecular formula is C8H9F2NO2S. The molecule has 0 aliphatic heterocycles. The molecule has 0 aliphatic rings. The highest BCUT2D eigenvalue weighted by Gasteiger charge is 2.14.